The Labute approximate surface area is 118 Å². The van der Waals surface area contributed by atoms with E-state index in [1.165, 1.54) is 18.3 Å². The number of aromatic nitrogens is 1. The van der Waals surface area contributed by atoms with E-state index in [-0.39, 0.29) is 12.2 Å². The van der Waals surface area contributed by atoms with Crippen LogP contribution in [0.25, 0.3) is 0 Å². The number of halogens is 2. The molecule has 0 atom stereocenters. The monoisotopic (exact) mass is 323 g/mol. The number of nitrogens with zero attached hydrogens (tertiary/aromatic N) is 1. The lowest BCUT2D eigenvalue weighted by Crippen LogP contribution is -2.14. The summed E-state index contributed by atoms with van der Waals surface area (Å²) in [5, 5.41) is 2.50. The zero-order valence-electron chi connectivity index (χ0n) is 9.86. The molecule has 1 aromatic carbocycles. The van der Waals surface area contributed by atoms with E-state index in [1.807, 2.05) is 0 Å². The second kappa shape index (κ2) is 5.90. The standard InChI is InChI=1S/C13H11BrFN3O/c14-9-1-2-12(11(15)6-9)18-13(19)8-3-4-17-10(5-8)7-16/h1-6H,7,16H2,(H,18,19). The molecule has 0 saturated carbocycles. The fourth-order valence-corrected chi connectivity index (χ4v) is 1.85. The van der Waals surface area contributed by atoms with E-state index in [2.05, 4.69) is 26.2 Å². The van der Waals surface area contributed by atoms with Crippen molar-refractivity contribution < 1.29 is 9.18 Å². The van der Waals surface area contributed by atoms with E-state index in [0.29, 0.717) is 15.7 Å². The first-order valence-corrected chi connectivity index (χ1v) is 6.31. The fourth-order valence-electron chi connectivity index (χ4n) is 1.52. The lowest BCUT2D eigenvalue weighted by molar-refractivity contribution is 0.102. The number of anilines is 1. The van der Waals surface area contributed by atoms with Gasteiger partial charge in [-0.25, -0.2) is 4.39 Å². The molecule has 1 amide bonds. The number of benzene rings is 1. The van der Waals surface area contributed by atoms with Gasteiger partial charge in [-0.15, -0.1) is 0 Å². The highest BCUT2D eigenvalue weighted by Gasteiger charge is 2.10. The van der Waals surface area contributed by atoms with Crippen LogP contribution in [-0.2, 0) is 6.54 Å². The highest BCUT2D eigenvalue weighted by atomic mass is 79.9. The van der Waals surface area contributed by atoms with Crippen LogP contribution in [-0.4, -0.2) is 10.9 Å². The van der Waals surface area contributed by atoms with Crippen molar-refractivity contribution in [2.24, 2.45) is 5.73 Å². The minimum absolute atomic E-state index is 0.124. The predicted molar refractivity (Wildman–Crippen MR) is 74.2 cm³/mol. The summed E-state index contributed by atoms with van der Waals surface area (Å²) >= 11 is 3.15. The Balaban J connectivity index is 2.20. The maximum Gasteiger partial charge on any atom is 0.255 e. The molecule has 0 radical (unpaired) electrons. The third-order valence-corrected chi connectivity index (χ3v) is 2.96. The minimum Gasteiger partial charge on any atom is -0.325 e. The number of nitrogens with one attached hydrogen (secondary N) is 1. The van der Waals surface area contributed by atoms with Crippen molar-refractivity contribution in [2.45, 2.75) is 6.54 Å². The Bertz CT molecular complexity index is 619. The number of pyridine rings is 1. The topological polar surface area (TPSA) is 68.0 Å². The van der Waals surface area contributed by atoms with E-state index in [9.17, 15) is 9.18 Å². The second-order valence-electron chi connectivity index (χ2n) is 3.82. The first-order valence-electron chi connectivity index (χ1n) is 5.51. The van der Waals surface area contributed by atoms with Crippen LogP contribution >= 0.6 is 15.9 Å². The molecular formula is C13H11BrFN3O. The van der Waals surface area contributed by atoms with E-state index < -0.39 is 11.7 Å². The Morgan fingerprint density at radius 1 is 1.37 bits per heavy atom. The summed E-state index contributed by atoms with van der Waals surface area (Å²) in [7, 11) is 0. The number of carbonyl (C=O) groups is 1. The van der Waals surface area contributed by atoms with Crippen LogP contribution in [0.15, 0.2) is 41.0 Å². The molecule has 0 saturated heterocycles. The molecule has 2 rings (SSSR count). The van der Waals surface area contributed by atoms with Crippen LogP contribution in [0, 0.1) is 5.82 Å². The maximum atomic E-state index is 13.6. The van der Waals surface area contributed by atoms with Crippen LogP contribution in [0.3, 0.4) is 0 Å². The van der Waals surface area contributed by atoms with E-state index in [0.717, 1.165) is 0 Å². The van der Waals surface area contributed by atoms with Crippen molar-refractivity contribution in [1.82, 2.24) is 4.98 Å². The molecule has 1 heterocycles. The summed E-state index contributed by atoms with van der Waals surface area (Å²) in [6.07, 6.45) is 1.50. The summed E-state index contributed by atoms with van der Waals surface area (Å²) in [4.78, 5) is 16.0. The van der Waals surface area contributed by atoms with Crippen molar-refractivity contribution in [3.05, 3.63) is 58.1 Å². The van der Waals surface area contributed by atoms with E-state index in [1.54, 1.807) is 18.2 Å². The molecular weight excluding hydrogens is 313 g/mol. The fraction of sp³-hybridized carbons (Fsp3) is 0.0769. The SMILES string of the molecule is NCc1cc(C(=O)Nc2ccc(Br)cc2F)ccn1. The minimum atomic E-state index is -0.504. The molecule has 0 bridgehead atoms. The van der Waals surface area contributed by atoms with E-state index >= 15 is 0 Å². The second-order valence-corrected chi connectivity index (χ2v) is 4.73. The van der Waals surface area contributed by atoms with Gasteiger partial charge in [0.15, 0.2) is 0 Å². The number of hydrogen-bond acceptors (Lipinski definition) is 3. The summed E-state index contributed by atoms with van der Waals surface area (Å²) in [5.41, 5.74) is 6.56. The van der Waals surface area contributed by atoms with E-state index in [4.69, 9.17) is 5.73 Å². The zero-order valence-corrected chi connectivity index (χ0v) is 11.4. The molecule has 0 aliphatic heterocycles. The quantitative estimate of drug-likeness (QED) is 0.912. The van der Waals surface area contributed by atoms with Gasteiger partial charge in [0, 0.05) is 22.8 Å². The normalized spacial score (nSPS) is 10.3. The van der Waals surface area contributed by atoms with Gasteiger partial charge >= 0.3 is 0 Å². The average Bonchev–Trinajstić information content (AvgIpc) is 2.42. The molecule has 3 N–H and O–H groups in total. The average molecular weight is 324 g/mol. The van der Waals surface area contributed by atoms with Crippen LogP contribution in [0.1, 0.15) is 16.1 Å². The van der Waals surface area contributed by atoms with Crippen molar-refractivity contribution >= 4 is 27.5 Å². The molecule has 0 fully saturated rings. The molecule has 2 aromatic rings. The number of hydrogen-bond donors (Lipinski definition) is 2. The number of carbonyl (C=O) groups excluding carboxylic acids is 1. The van der Waals surface area contributed by atoms with Crippen LogP contribution in [0.5, 0.6) is 0 Å². The highest BCUT2D eigenvalue weighted by molar-refractivity contribution is 9.10. The molecule has 1 aromatic heterocycles. The van der Waals surface area contributed by atoms with Crippen LogP contribution in [0.2, 0.25) is 0 Å². The molecule has 0 spiro atoms. The Morgan fingerprint density at radius 3 is 2.84 bits per heavy atom. The van der Waals surface area contributed by atoms with Crippen molar-refractivity contribution in [2.75, 3.05) is 5.32 Å². The van der Waals surface area contributed by atoms with Crippen LogP contribution in [0.4, 0.5) is 10.1 Å². The maximum absolute atomic E-state index is 13.6. The molecule has 98 valence electrons. The Kier molecular flexibility index (Phi) is 4.24. The first-order chi connectivity index (χ1) is 9.10. The lowest BCUT2D eigenvalue weighted by Gasteiger charge is -2.07. The molecule has 6 heteroatoms. The third kappa shape index (κ3) is 3.36. The van der Waals surface area contributed by atoms with Crippen molar-refractivity contribution in [3.8, 4) is 0 Å². The summed E-state index contributed by atoms with van der Waals surface area (Å²) in [5.74, 6) is -0.908. The molecule has 0 unspecified atom stereocenters. The predicted octanol–water partition coefficient (Wildman–Crippen LogP) is 2.69. The zero-order chi connectivity index (χ0) is 13.8. The third-order valence-electron chi connectivity index (χ3n) is 2.47. The van der Waals surface area contributed by atoms with Gasteiger partial charge in [-0.1, -0.05) is 15.9 Å². The smallest absolute Gasteiger partial charge is 0.255 e. The van der Waals surface area contributed by atoms with Gasteiger partial charge < -0.3 is 11.1 Å². The first kappa shape index (κ1) is 13.6. The number of nitrogens with two attached hydrogens (primary N) is 1. The van der Waals surface area contributed by atoms with Gasteiger partial charge in [-0.3, -0.25) is 9.78 Å². The van der Waals surface area contributed by atoms with Crippen molar-refractivity contribution in [1.29, 1.82) is 0 Å². The van der Waals surface area contributed by atoms with Gasteiger partial charge in [-0.2, -0.15) is 0 Å². The van der Waals surface area contributed by atoms with Gasteiger partial charge in [0.05, 0.1) is 11.4 Å². The Morgan fingerprint density at radius 2 is 2.16 bits per heavy atom. The van der Waals surface area contributed by atoms with Gasteiger partial charge in [-0.05, 0) is 30.3 Å². The summed E-state index contributed by atoms with van der Waals surface area (Å²) in [6, 6.07) is 7.55. The molecule has 0 aliphatic rings. The summed E-state index contributed by atoms with van der Waals surface area (Å²) < 4.78 is 14.2. The molecule has 0 aliphatic carbocycles. The number of amides is 1. The largest absolute Gasteiger partial charge is 0.325 e. The van der Waals surface area contributed by atoms with Gasteiger partial charge in [0.25, 0.3) is 5.91 Å². The van der Waals surface area contributed by atoms with Gasteiger partial charge in [0.1, 0.15) is 5.82 Å². The van der Waals surface area contributed by atoms with Gasteiger partial charge in [0.2, 0.25) is 0 Å². The molecule has 19 heavy (non-hydrogen) atoms. The lowest BCUT2D eigenvalue weighted by atomic mass is 10.2. The number of rotatable bonds is 3. The molecule has 4 nitrogen and oxygen atoms in total. The Hall–Kier alpha value is -1.79. The van der Waals surface area contributed by atoms with Crippen LogP contribution < -0.4 is 11.1 Å². The summed E-state index contributed by atoms with van der Waals surface area (Å²) in [6.45, 7) is 0.244. The van der Waals surface area contributed by atoms with Crippen molar-refractivity contribution in [3.63, 3.8) is 0 Å². The highest BCUT2D eigenvalue weighted by Crippen LogP contribution is 2.20.